The molecule has 1 atom stereocenters. The third-order valence-electron chi connectivity index (χ3n) is 4.49. The predicted octanol–water partition coefficient (Wildman–Crippen LogP) is 2.83. The Morgan fingerprint density at radius 3 is 2.54 bits per heavy atom. The van der Waals surface area contributed by atoms with Crippen LogP contribution in [0.15, 0.2) is 29.2 Å². The van der Waals surface area contributed by atoms with Gasteiger partial charge in [0, 0.05) is 17.9 Å². The van der Waals surface area contributed by atoms with Crippen molar-refractivity contribution in [2.45, 2.75) is 49.5 Å². The monoisotopic (exact) mass is 378 g/mol. The van der Waals surface area contributed by atoms with E-state index in [1.807, 2.05) is 30.5 Å². The third kappa shape index (κ3) is 6.37. The number of carboxylic acids is 1. The minimum atomic E-state index is -0.980. The van der Waals surface area contributed by atoms with Crippen LogP contribution in [0.1, 0.15) is 50.1 Å². The largest absolute Gasteiger partial charge is 0.481 e. The van der Waals surface area contributed by atoms with Crippen molar-refractivity contribution in [3.05, 3.63) is 29.8 Å². The summed E-state index contributed by atoms with van der Waals surface area (Å²) in [4.78, 5) is 38.4. The molecule has 0 saturated carbocycles. The van der Waals surface area contributed by atoms with E-state index in [1.54, 1.807) is 16.7 Å². The number of likely N-dealkylation sites (tertiary alicyclic amines) is 1. The summed E-state index contributed by atoms with van der Waals surface area (Å²) in [6.45, 7) is 0.566. The van der Waals surface area contributed by atoms with Gasteiger partial charge < -0.3 is 15.3 Å². The molecule has 7 heteroatoms. The first-order valence-electron chi connectivity index (χ1n) is 8.92. The van der Waals surface area contributed by atoms with Crippen molar-refractivity contribution < 1.29 is 19.5 Å². The quantitative estimate of drug-likeness (QED) is 0.713. The molecule has 1 fully saturated rings. The molecule has 6 nitrogen and oxygen atoms in total. The van der Waals surface area contributed by atoms with Gasteiger partial charge in [-0.25, -0.2) is 0 Å². The number of carbonyl (C=O) groups excluding carboxylic acids is 2. The van der Waals surface area contributed by atoms with Crippen LogP contribution in [0.3, 0.4) is 0 Å². The zero-order valence-corrected chi connectivity index (χ0v) is 15.9. The standard InChI is InChI=1S/C19H26N2O4S/c1-26-15-9-7-14(8-10-15)16(12-19(24)25)20-17(22)13-21-11-5-3-2-4-6-18(21)23/h7-10,16H,2-6,11-13H2,1H3,(H,20,22)(H,24,25). The number of carboxylic acid groups (broad SMARTS) is 1. The lowest BCUT2D eigenvalue weighted by Crippen LogP contribution is -2.43. The van der Waals surface area contributed by atoms with Crippen molar-refractivity contribution in [1.29, 1.82) is 0 Å². The summed E-state index contributed by atoms with van der Waals surface area (Å²) in [7, 11) is 0. The van der Waals surface area contributed by atoms with Crippen LogP contribution in [-0.4, -0.2) is 47.1 Å². The van der Waals surface area contributed by atoms with Crippen molar-refractivity contribution in [2.75, 3.05) is 19.3 Å². The predicted molar refractivity (Wildman–Crippen MR) is 101 cm³/mol. The van der Waals surface area contributed by atoms with Gasteiger partial charge in [0.2, 0.25) is 11.8 Å². The molecule has 2 rings (SSSR count). The summed E-state index contributed by atoms with van der Waals surface area (Å²) in [5, 5.41) is 12.0. The van der Waals surface area contributed by atoms with Crippen molar-refractivity contribution in [3.63, 3.8) is 0 Å². The molecule has 26 heavy (non-hydrogen) atoms. The first kappa shape index (κ1) is 20.3. The summed E-state index contributed by atoms with van der Waals surface area (Å²) in [5.41, 5.74) is 0.748. The Morgan fingerprint density at radius 2 is 1.88 bits per heavy atom. The van der Waals surface area contributed by atoms with Gasteiger partial charge in [-0.2, -0.15) is 0 Å². The molecule has 1 aromatic rings. The maximum atomic E-state index is 12.4. The molecule has 1 aromatic carbocycles. The van der Waals surface area contributed by atoms with Gasteiger partial charge in [-0.05, 0) is 36.8 Å². The van der Waals surface area contributed by atoms with E-state index >= 15 is 0 Å². The zero-order valence-electron chi connectivity index (χ0n) is 15.1. The fourth-order valence-electron chi connectivity index (χ4n) is 3.06. The van der Waals surface area contributed by atoms with E-state index in [4.69, 9.17) is 0 Å². The first-order valence-corrected chi connectivity index (χ1v) is 10.1. The molecule has 142 valence electrons. The number of amides is 2. The highest BCUT2D eigenvalue weighted by atomic mass is 32.2. The van der Waals surface area contributed by atoms with Gasteiger partial charge in [-0.3, -0.25) is 14.4 Å². The molecule has 2 amide bonds. The van der Waals surface area contributed by atoms with Crippen LogP contribution in [0.4, 0.5) is 0 Å². The van der Waals surface area contributed by atoms with Gasteiger partial charge in [0.25, 0.3) is 0 Å². The molecule has 0 bridgehead atoms. The number of hydrogen-bond acceptors (Lipinski definition) is 4. The average Bonchev–Trinajstić information content (AvgIpc) is 2.60. The highest BCUT2D eigenvalue weighted by Crippen LogP contribution is 2.21. The van der Waals surface area contributed by atoms with Gasteiger partial charge in [-0.1, -0.05) is 25.0 Å². The fourth-order valence-corrected chi connectivity index (χ4v) is 3.47. The maximum absolute atomic E-state index is 12.4. The van der Waals surface area contributed by atoms with Crippen LogP contribution in [0.25, 0.3) is 0 Å². The summed E-state index contributed by atoms with van der Waals surface area (Å²) in [6, 6.07) is 6.87. The first-order chi connectivity index (χ1) is 12.5. The Hall–Kier alpha value is -2.02. The topological polar surface area (TPSA) is 86.7 Å². The number of nitrogens with one attached hydrogen (secondary N) is 1. The molecule has 1 aliphatic heterocycles. The van der Waals surface area contributed by atoms with Crippen molar-refractivity contribution >= 4 is 29.5 Å². The number of nitrogens with zero attached hydrogens (tertiary/aromatic N) is 1. The Balaban J connectivity index is 2.02. The Morgan fingerprint density at radius 1 is 1.19 bits per heavy atom. The van der Waals surface area contributed by atoms with E-state index < -0.39 is 12.0 Å². The van der Waals surface area contributed by atoms with E-state index in [0.717, 1.165) is 36.1 Å². The van der Waals surface area contributed by atoms with Crippen LogP contribution in [-0.2, 0) is 14.4 Å². The Bertz CT molecular complexity index is 633. The highest BCUT2D eigenvalue weighted by Gasteiger charge is 2.22. The van der Waals surface area contributed by atoms with Crippen LogP contribution in [0.5, 0.6) is 0 Å². The van der Waals surface area contributed by atoms with Crippen molar-refractivity contribution in [3.8, 4) is 0 Å². The maximum Gasteiger partial charge on any atom is 0.305 e. The van der Waals surface area contributed by atoms with E-state index in [-0.39, 0.29) is 24.8 Å². The number of rotatable bonds is 7. The molecule has 1 unspecified atom stereocenters. The summed E-state index contributed by atoms with van der Waals surface area (Å²) >= 11 is 1.60. The number of hydrogen-bond donors (Lipinski definition) is 2. The minimum absolute atomic E-state index is 0.000965. The van der Waals surface area contributed by atoms with Gasteiger partial charge >= 0.3 is 5.97 Å². The molecular formula is C19H26N2O4S. The molecular weight excluding hydrogens is 352 g/mol. The number of aliphatic carboxylic acids is 1. The SMILES string of the molecule is CSc1ccc(C(CC(=O)O)NC(=O)CN2CCCCCCC2=O)cc1. The second-order valence-corrected chi connectivity index (χ2v) is 7.35. The third-order valence-corrected chi connectivity index (χ3v) is 5.23. The fraction of sp³-hybridized carbons (Fsp3) is 0.526. The number of benzene rings is 1. The summed E-state index contributed by atoms with van der Waals surface area (Å²) in [5.74, 6) is -1.30. The number of carbonyl (C=O) groups is 3. The summed E-state index contributed by atoms with van der Waals surface area (Å²) < 4.78 is 0. The molecule has 1 heterocycles. The lowest BCUT2D eigenvalue weighted by molar-refractivity contribution is -0.139. The van der Waals surface area contributed by atoms with Crippen LogP contribution in [0.2, 0.25) is 0 Å². The molecule has 0 aliphatic carbocycles. The van der Waals surface area contributed by atoms with Crippen LogP contribution >= 0.6 is 11.8 Å². The lowest BCUT2D eigenvalue weighted by atomic mass is 10.0. The second-order valence-electron chi connectivity index (χ2n) is 6.47. The van der Waals surface area contributed by atoms with Gasteiger partial charge in [-0.15, -0.1) is 11.8 Å². The van der Waals surface area contributed by atoms with E-state index in [0.29, 0.717) is 13.0 Å². The Kier molecular flexibility index (Phi) is 7.97. The Labute approximate surface area is 158 Å². The molecule has 0 aromatic heterocycles. The van der Waals surface area contributed by atoms with E-state index in [9.17, 15) is 19.5 Å². The van der Waals surface area contributed by atoms with Crippen molar-refractivity contribution in [1.82, 2.24) is 10.2 Å². The minimum Gasteiger partial charge on any atom is -0.481 e. The summed E-state index contributed by atoms with van der Waals surface area (Å²) in [6.07, 6.45) is 6.12. The van der Waals surface area contributed by atoms with E-state index in [1.165, 1.54) is 0 Å². The lowest BCUT2D eigenvalue weighted by Gasteiger charge is -2.25. The highest BCUT2D eigenvalue weighted by molar-refractivity contribution is 7.98. The smallest absolute Gasteiger partial charge is 0.305 e. The molecule has 1 aliphatic rings. The van der Waals surface area contributed by atoms with Gasteiger partial charge in [0.15, 0.2) is 0 Å². The van der Waals surface area contributed by atoms with Crippen LogP contribution in [0, 0.1) is 0 Å². The average molecular weight is 378 g/mol. The molecule has 1 saturated heterocycles. The zero-order chi connectivity index (χ0) is 18.9. The number of thioether (sulfide) groups is 1. The normalized spacial score (nSPS) is 16.5. The van der Waals surface area contributed by atoms with Crippen molar-refractivity contribution in [2.24, 2.45) is 0 Å². The molecule has 0 radical (unpaired) electrons. The molecule has 2 N–H and O–H groups in total. The molecule has 0 spiro atoms. The van der Waals surface area contributed by atoms with Crippen LogP contribution < -0.4 is 5.32 Å². The second kappa shape index (κ2) is 10.2. The van der Waals surface area contributed by atoms with Gasteiger partial charge in [0.1, 0.15) is 0 Å². The van der Waals surface area contributed by atoms with Gasteiger partial charge in [0.05, 0.1) is 19.0 Å². The van der Waals surface area contributed by atoms with E-state index in [2.05, 4.69) is 5.32 Å².